The number of amides is 2. The predicted octanol–water partition coefficient (Wildman–Crippen LogP) is 4.80. The van der Waals surface area contributed by atoms with Crippen LogP contribution in [0.15, 0.2) is 42.6 Å². The van der Waals surface area contributed by atoms with Gasteiger partial charge in [0, 0.05) is 56.0 Å². The summed E-state index contributed by atoms with van der Waals surface area (Å²) < 4.78 is 28.7. The molecule has 2 aliphatic heterocycles. The number of nitrogens with one attached hydrogen (secondary N) is 1. The van der Waals surface area contributed by atoms with Crippen LogP contribution >= 0.6 is 0 Å². The number of carbonyl (C=O) groups excluding carboxylic acids is 2. The van der Waals surface area contributed by atoms with Crippen LogP contribution in [0.25, 0.3) is 0 Å². The molecular formula is C27H29FN4O4. The second kappa shape index (κ2) is 8.96. The number of benzene rings is 2. The van der Waals surface area contributed by atoms with Crippen LogP contribution in [0.5, 0.6) is 17.2 Å². The molecule has 8 nitrogen and oxygen atoms in total. The number of rotatable bonds is 5. The Hall–Kier alpha value is -3.88. The molecule has 3 aromatic rings. The van der Waals surface area contributed by atoms with E-state index in [1.165, 1.54) is 12.1 Å². The largest absolute Gasteiger partial charge is 0.487 e. The number of fused-ring (bicyclic) bond motifs is 1. The highest BCUT2D eigenvalue weighted by atomic mass is 19.1. The van der Waals surface area contributed by atoms with Gasteiger partial charge in [-0.2, -0.15) is 5.10 Å². The van der Waals surface area contributed by atoms with E-state index in [1.54, 1.807) is 47.1 Å². The van der Waals surface area contributed by atoms with Crippen LogP contribution in [0.1, 0.15) is 53.5 Å². The summed E-state index contributed by atoms with van der Waals surface area (Å²) in [6, 6.07) is 9.22. The first-order valence-electron chi connectivity index (χ1n) is 12.0. The minimum absolute atomic E-state index is 0.0228. The Morgan fingerprint density at radius 3 is 2.69 bits per heavy atom. The van der Waals surface area contributed by atoms with E-state index < -0.39 is 11.4 Å². The Morgan fingerprint density at radius 2 is 2.03 bits per heavy atom. The Kier molecular flexibility index (Phi) is 5.94. The third-order valence-corrected chi connectivity index (χ3v) is 6.48. The number of halogens is 1. The van der Waals surface area contributed by atoms with Gasteiger partial charge >= 0.3 is 0 Å². The zero-order chi connectivity index (χ0) is 25.6. The molecule has 2 aliphatic rings. The molecule has 2 aromatic carbocycles. The third-order valence-electron chi connectivity index (χ3n) is 6.48. The van der Waals surface area contributed by atoms with E-state index >= 15 is 0 Å². The number of ether oxygens (including phenoxy) is 2. The van der Waals surface area contributed by atoms with Crippen molar-refractivity contribution in [3.63, 3.8) is 0 Å². The van der Waals surface area contributed by atoms with Gasteiger partial charge in [-0.25, -0.2) is 4.39 Å². The number of hydrogen-bond donors (Lipinski definition) is 1. The maximum atomic E-state index is 15.0. The summed E-state index contributed by atoms with van der Waals surface area (Å²) >= 11 is 0. The topological polar surface area (TPSA) is 85.7 Å². The Labute approximate surface area is 209 Å². The molecule has 0 spiro atoms. The minimum atomic E-state index is -0.644. The molecule has 9 heteroatoms. The average Bonchev–Trinajstić information content (AvgIpc) is 3.50. The van der Waals surface area contributed by atoms with Gasteiger partial charge in [-0.1, -0.05) is 6.92 Å². The van der Waals surface area contributed by atoms with Crippen LogP contribution in [0.2, 0.25) is 0 Å². The van der Waals surface area contributed by atoms with Crippen molar-refractivity contribution in [1.29, 1.82) is 0 Å². The monoisotopic (exact) mass is 492 g/mol. The fourth-order valence-corrected chi connectivity index (χ4v) is 4.69. The van der Waals surface area contributed by atoms with Crippen LogP contribution in [-0.4, -0.2) is 45.2 Å². The van der Waals surface area contributed by atoms with Crippen LogP contribution in [0.4, 0.5) is 10.2 Å². The maximum absolute atomic E-state index is 15.0. The molecule has 0 unspecified atom stereocenters. The van der Waals surface area contributed by atoms with Crippen LogP contribution < -0.4 is 14.8 Å². The lowest BCUT2D eigenvalue weighted by Gasteiger charge is -2.17. The van der Waals surface area contributed by atoms with Crippen molar-refractivity contribution in [3.05, 3.63) is 65.1 Å². The molecule has 0 saturated carbocycles. The predicted molar refractivity (Wildman–Crippen MR) is 132 cm³/mol. The summed E-state index contributed by atoms with van der Waals surface area (Å²) in [5.74, 6) is 0.670. The van der Waals surface area contributed by atoms with Crippen LogP contribution in [0, 0.1) is 11.7 Å². The van der Waals surface area contributed by atoms with Crippen molar-refractivity contribution in [3.8, 4) is 17.2 Å². The number of hydrogen-bond acceptors (Lipinski definition) is 5. The molecule has 2 amide bonds. The van der Waals surface area contributed by atoms with Crippen molar-refractivity contribution in [1.82, 2.24) is 14.7 Å². The summed E-state index contributed by atoms with van der Waals surface area (Å²) in [4.78, 5) is 27.4. The first kappa shape index (κ1) is 23.8. The number of anilines is 1. The van der Waals surface area contributed by atoms with E-state index in [0.717, 1.165) is 12.0 Å². The molecular weight excluding hydrogens is 463 g/mol. The molecule has 1 atom stereocenters. The van der Waals surface area contributed by atoms with Gasteiger partial charge < -0.3 is 19.7 Å². The van der Waals surface area contributed by atoms with E-state index in [2.05, 4.69) is 17.3 Å². The van der Waals surface area contributed by atoms with E-state index in [4.69, 9.17) is 9.47 Å². The fourth-order valence-electron chi connectivity index (χ4n) is 4.69. The molecule has 36 heavy (non-hydrogen) atoms. The Bertz CT molecular complexity index is 1350. The molecule has 5 rings (SSSR count). The normalized spacial score (nSPS) is 18.0. The quantitative estimate of drug-likeness (QED) is 0.553. The molecule has 1 N–H and O–H groups in total. The molecule has 1 saturated heterocycles. The Balaban J connectivity index is 1.42. The zero-order valence-corrected chi connectivity index (χ0v) is 20.8. The number of aryl methyl sites for hydroxylation is 1. The van der Waals surface area contributed by atoms with Crippen molar-refractivity contribution in [2.24, 2.45) is 13.0 Å². The first-order valence-corrected chi connectivity index (χ1v) is 12.0. The maximum Gasteiger partial charge on any atom is 0.257 e. The zero-order valence-electron chi connectivity index (χ0n) is 20.8. The van der Waals surface area contributed by atoms with Gasteiger partial charge in [-0.3, -0.25) is 14.3 Å². The highest BCUT2D eigenvalue weighted by Crippen LogP contribution is 2.43. The SMILES string of the molecule is C[C@@H]1CCN(C(=O)c2ccc(Oc3cc(C(=O)Nc4ccn(C)n4)cc4c3CC(C)(C)O4)cc2F)C1. The summed E-state index contributed by atoms with van der Waals surface area (Å²) in [6.07, 6.45) is 3.21. The van der Waals surface area contributed by atoms with Crippen LogP contribution in [0.3, 0.4) is 0 Å². The van der Waals surface area contributed by atoms with Gasteiger partial charge in [0.25, 0.3) is 11.8 Å². The summed E-state index contributed by atoms with van der Waals surface area (Å²) in [7, 11) is 1.76. The Morgan fingerprint density at radius 1 is 1.22 bits per heavy atom. The summed E-state index contributed by atoms with van der Waals surface area (Å²) in [5, 5.41) is 6.93. The summed E-state index contributed by atoms with van der Waals surface area (Å²) in [6.45, 7) is 7.24. The fraction of sp³-hybridized carbons (Fsp3) is 0.370. The van der Waals surface area contributed by atoms with E-state index in [-0.39, 0.29) is 23.1 Å². The lowest BCUT2D eigenvalue weighted by atomic mass is 9.99. The first-order chi connectivity index (χ1) is 17.1. The number of carbonyl (C=O) groups is 2. The van der Waals surface area contributed by atoms with E-state index in [9.17, 15) is 14.0 Å². The second-order valence-electron chi connectivity index (χ2n) is 10.2. The molecule has 1 fully saturated rings. The molecule has 0 radical (unpaired) electrons. The molecule has 3 heterocycles. The van der Waals surface area contributed by atoms with E-state index in [0.29, 0.717) is 48.3 Å². The van der Waals surface area contributed by atoms with Crippen molar-refractivity contribution < 1.29 is 23.5 Å². The molecule has 188 valence electrons. The van der Waals surface area contributed by atoms with Crippen molar-refractivity contribution in [2.45, 2.75) is 39.2 Å². The van der Waals surface area contributed by atoms with Gasteiger partial charge in [0.2, 0.25) is 0 Å². The van der Waals surface area contributed by atoms with E-state index in [1.807, 2.05) is 13.8 Å². The number of likely N-dealkylation sites (tertiary alicyclic amines) is 1. The van der Waals surface area contributed by atoms with Gasteiger partial charge in [0.1, 0.15) is 28.7 Å². The highest BCUT2D eigenvalue weighted by Gasteiger charge is 2.34. The standard InChI is InChI=1S/C27H29FN4O4/c1-16-7-10-32(15-16)26(34)19-6-5-18(13-21(19)28)35-22-11-17(12-23-20(22)14-27(2,3)36-23)25(33)29-24-8-9-31(4)30-24/h5-6,8-9,11-13,16H,7,10,14-15H2,1-4H3,(H,29,30,33)/t16-/m1/s1. The molecule has 0 bridgehead atoms. The summed E-state index contributed by atoms with van der Waals surface area (Å²) in [5.41, 5.74) is 0.656. The second-order valence-corrected chi connectivity index (χ2v) is 10.2. The lowest BCUT2D eigenvalue weighted by Crippen LogP contribution is -2.29. The van der Waals surface area contributed by atoms with Gasteiger partial charge in [0.15, 0.2) is 5.82 Å². The van der Waals surface area contributed by atoms with Gasteiger partial charge in [-0.05, 0) is 50.5 Å². The van der Waals surface area contributed by atoms with Gasteiger partial charge in [-0.15, -0.1) is 0 Å². The van der Waals surface area contributed by atoms with Gasteiger partial charge in [0.05, 0.1) is 5.56 Å². The smallest absolute Gasteiger partial charge is 0.257 e. The van der Waals surface area contributed by atoms with Crippen molar-refractivity contribution >= 4 is 17.6 Å². The lowest BCUT2D eigenvalue weighted by molar-refractivity contribution is 0.0783. The molecule has 0 aliphatic carbocycles. The number of aromatic nitrogens is 2. The minimum Gasteiger partial charge on any atom is -0.487 e. The third kappa shape index (κ3) is 4.78. The highest BCUT2D eigenvalue weighted by molar-refractivity contribution is 6.04. The van der Waals surface area contributed by atoms with Crippen molar-refractivity contribution in [2.75, 3.05) is 18.4 Å². The van der Waals surface area contributed by atoms with Crippen LogP contribution in [-0.2, 0) is 13.5 Å². The number of nitrogens with zero attached hydrogens (tertiary/aromatic N) is 3. The average molecular weight is 493 g/mol. The molecule has 1 aromatic heterocycles.